The molecule has 0 unspecified atom stereocenters. The first-order valence-corrected chi connectivity index (χ1v) is 5.26. The molecule has 0 aliphatic heterocycles. The summed E-state index contributed by atoms with van der Waals surface area (Å²) >= 11 is 7.34. The lowest BCUT2D eigenvalue weighted by Crippen LogP contribution is -1.86. The monoisotopic (exact) mass is 225 g/mol. The fourth-order valence-electron chi connectivity index (χ4n) is 1.24. The number of thiophene rings is 1. The highest BCUT2D eigenvalue weighted by atomic mass is 35.5. The van der Waals surface area contributed by atoms with Crippen molar-refractivity contribution >= 4 is 28.6 Å². The molecule has 0 aliphatic rings. The Bertz CT molecular complexity index is 453. The summed E-state index contributed by atoms with van der Waals surface area (Å²) in [7, 11) is 0. The lowest BCUT2D eigenvalue weighted by molar-refractivity contribution is 0.478. The number of nitrogen functional groups attached to an aromatic ring is 1. The van der Waals surface area contributed by atoms with E-state index in [1.807, 2.05) is 17.5 Å². The van der Waals surface area contributed by atoms with Crippen molar-refractivity contribution < 1.29 is 5.11 Å². The number of phenols is 1. The minimum atomic E-state index is 0.0864. The highest BCUT2D eigenvalue weighted by molar-refractivity contribution is 7.13. The van der Waals surface area contributed by atoms with Gasteiger partial charge < -0.3 is 10.8 Å². The van der Waals surface area contributed by atoms with Gasteiger partial charge in [0.2, 0.25) is 0 Å². The van der Waals surface area contributed by atoms with Gasteiger partial charge in [0.25, 0.3) is 0 Å². The van der Waals surface area contributed by atoms with Crippen LogP contribution in [0.1, 0.15) is 0 Å². The number of hydrogen-bond donors (Lipinski definition) is 2. The first-order valence-electron chi connectivity index (χ1n) is 4.00. The van der Waals surface area contributed by atoms with Crippen LogP contribution in [0.2, 0.25) is 5.02 Å². The molecule has 0 bridgehead atoms. The van der Waals surface area contributed by atoms with Crippen LogP contribution in [0.4, 0.5) is 5.69 Å². The average molecular weight is 226 g/mol. The number of aromatic hydroxyl groups is 1. The molecule has 1 heterocycles. The van der Waals surface area contributed by atoms with Crippen molar-refractivity contribution in [2.45, 2.75) is 0 Å². The highest BCUT2D eigenvalue weighted by Crippen LogP contribution is 2.39. The van der Waals surface area contributed by atoms with E-state index < -0.39 is 0 Å². The molecule has 14 heavy (non-hydrogen) atoms. The molecule has 0 fully saturated rings. The molecule has 1 aromatic heterocycles. The lowest BCUT2D eigenvalue weighted by atomic mass is 10.1. The van der Waals surface area contributed by atoms with Crippen LogP contribution in [-0.2, 0) is 0 Å². The van der Waals surface area contributed by atoms with Gasteiger partial charge in [-0.25, -0.2) is 0 Å². The van der Waals surface area contributed by atoms with Gasteiger partial charge in [0.15, 0.2) is 0 Å². The average Bonchev–Trinajstić information content (AvgIpc) is 2.63. The molecule has 72 valence electrons. The second kappa shape index (κ2) is 3.52. The third kappa shape index (κ3) is 1.56. The van der Waals surface area contributed by atoms with Crippen LogP contribution in [0.3, 0.4) is 0 Å². The van der Waals surface area contributed by atoms with Crippen molar-refractivity contribution in [1.29, 1.82) is 0 Å². The fraction of sp³-hybridized carbons (Fsp3) is 0. The van der Waals surface area contributed by atoms with Gasteiger partial charge in [0.05, 0.1) is 5.02 Å². The number of phenolic OH excluding ortho intramolecular Hbond substituents is 1. The van der Waals surface area contributed by atoms with Crippen LogP contribution in [0, 0.1) is 0 Å². The third-order valence-corrected chi connectivity index (χ3v) is 3.06. The van der Waals surface area contributed by atoms with Gasteiger partial charge in [-0.05, 0) is 23.6 Å². The molecule has 0 saturated carbocycles. The molecule has 0 atom stereocenters. The Balaban J connectivity index is 2.64. The molecule has 0 radical (unpaired) electrons. The van der Waals surface area contributed by atoms with Crippen LogP contribution in [-0.4, -0.2) is 5.11 Å². The van der Waals surface area contributed by atoms with Crippen LogP contribution in [0.25, 0.3) is 10.4 Å². The molecule has 1 aromatic carbocycles. The van der Waals surface area contributed by atoms with E-state index in [1.54, 1.807) is 6.07 Å². The Morgan fingerprint density at radius 3 is 2.79 bits per heavy atom. The topological polar surface area (TPSA) is 46.2 Å². The third-order valence-electron chi connectivity index (χ3n) is 1.87. The summed E-state index contributed by atoms with van der Waals surface area (Å²) in [6.45, 7) is 0. The molecule has 4 heteroatoms. The Hall–Kier alpha value is -1.19. The number of nitrogens with two attached hydrogens (primary N) is 1. The molecule has 3 N–H and O–H groups in total. The molecular formula is C10H8ClNOS. The van der Waals surface area contributed by atoms with Gasteiger partial charge in [-0.3, -0.25) is 0 Å². The van der Waals surface area contributed by atoms with Crippen molar-refractivity contribution in [3.05, 3.63) is 34.7 Å². The lowest BCUT2D eigenvalue weighted by Gasteiger charge is -2.05. The molecular weight excluding hydrogens is 218 g/mol. The molecule has 0 amide bonds. The summed E-state index contributed by atoms with van der Waals surface area (Å²) in [6, 6.07) is 7.08. The summed E-state index contributed by atoms with van der Waals surface area (Å²) in [5, 5.41) is 11.9. The molecule has 0 saturated heterocycles. The number of anilines is 1. The Kier molecular flexibility index (Phi) is 2.35. The van der Waals surface area contributed by atoms with Gasteiger partial charge in [-0.15, -0.1) is 11.3 Å². The second-order valence-electron chi connectivity index (χ2n) is 2.88. The van der Waals surface area contributed by atoms with Crippen LogP contribution < -0.4 is 5.73 Å². The molecule has 2 rings (SSSR count). The number of hydrogen-bond acceptors (Lipinski definition) is 3. The normalized spacial score (nSPS) is 10.4. The second-order valence-corrected chi connectivity index (χ2v) is 4.23. The van der Waals surface area contributed by atoms with E-state index >= 15 is 0 Å². The maximum Gasteiger partial charge on any atom is 0.142 e. The molecule has 2 nitrogen and oxygen atoms in total. The van der Waals surface area contributed by atoms with Gasteiger partial charge >= 0.3 is 0 Å². The summed E-state index contributed by atoms with van der Waals surface area (Å²) in [5.41, 5.74) is 6.88. The van der Waals surface area contributed by atoms with E-state index in [9.17, 15) is 5.11 Å². The SMILES string of the molecule is Nc1cc(Cl)c(O)c(-c2cccs2)c1. The van der Waals surface area contributed by atoms with Gasteiger partial charge in [-0.2, -0.15) is 0 Å². The largest absolute Gasteiger partial charge is 0.506 e. The van der Waals surface area contributed by atoms with Crippen molar-refractivity contribution in [2.24, 2.45) is 0 Å². The van der Waals surface area contributed by atoms with Crippen molar-refractivity contribution in [3.63, 3.8) is 0 Å². The summed E-state index contributed by atoms with van der Waals surface area (Å²) in [4.78, 5) is 0.955. The van der Waals surface area contributed by atoms with E-state index in [0.29, 0.717) is 11.3 Å². The summed E-state index contributed by atoms with van der Waals surface area (Å²) < 4.78 is 0. The zero-order valence-corrected chi connectivity index (χ0v) is 8.77. The Labute approximate surface area is 90.6 Å². The standard InChI is InChI=1S/C10H8ClNOS/c11-8-5-6(12)4-7(10(8)13)9-2-1-3-14-9/h1-5,13H,12H2. The van der Waals surface area contributed by atoms with E-state index in [2.05, 4.69) is 0 Å². The number of benzene rings is 1. The zero-order valence-electron chi connectivity index (χ0n) is 7.20. The van der Waals surface area contributed by atoms with Crippen LogP contribution >= 0.6 is 22.9 Å². The molecule has 0 spiro atoms. The predicted octanol–water partition coefficient (Wildman–Crippen LogP) is 3.36. The van der Waals surface area contributed by atoms with E-state index in [-0.39, 0.29) is 10.8 Å². The van der Waals surface area contributed by atoms with E-state index in [1.165, 1.54) is 17.4 Å². The Morgan fingerprint density at radius 1 is 1.36 bits per heavy atom. The number of rotatable bonds is 1. The van der Waals surface area contributed by atoms with E-state index in [4.69, 9.17) is 17.3 Å². The molecule has 0 aliphatic carbocycles. The first-order chi connectivity index (χ1) is 6.68. The first kappa shape index (κ1) is 9.37. The Morgan fingerprint density at radius 2 is 2.14 bits per heavy atom. The number of halogens is 1. The minimum absolute atomic E-state index is 0.0864. The summed E-state index contributed by atoms with van der Waals surface area (Å²) in [6.07, 6.45) is 0. The van der Waals surface area contributed by atoms with E-state index in [0.717, 1.165) is 4.88 Å². The maximum atomic E-state index is 9.71. The van der Waals surface area contributed by atoms with Gasteiger partial charge in [0, 0.05) is 16.1 Å². The highest BCUT2D eigenvalue weighted by Gasteiger charge is 2.09. The smallest absolute Gasteiger partial charge is 0.142 e. The zero-order chi connectivity index (χ0) is 10.1. The van der Waals surface area contributed by atoms with Gasteiger partial charge in [0.1, 0.15) is 5.75 Å². The van der Waals surface area contributed by atoms with Crippen molar-refractivity contribution in [3.8, 4) is 16.2 Å². The van der Waals surface area contributed by atoms with Gasteiger partial charge in [-0.1, -0.05) is 17.7 Å². The summed E-state index contributed by atoms with van der Waals surface area (Å²) in [5.74, 6) is 0.0864. The van der Waals surface area contributed by atoms with Crippen LogP contribution in [0.5, 0.6) is 5.75 Å². The van der Waals surface area contributed by atoms with Crippen LogP contribution in [0.15, 0.2) is 29.6 Å². The quantitative estimate of drug-likeness (QED) is 0.578. The molecule has 2 aromatic rings. The predicted molar refractivity (Wildman–Crippen MR) is 60.8 cm³/mol. The fourth-order valence-corrected chi connectivity index (χ4v) is 2.21. The van der Waals surface area contributed by atoms with Crippen molar-refractivity contribution in [1.82, 2.24) is 0 Å². The maximum absolute atomic E-state index is 9.71. The van der Waals surface area contributed by atoms with Crippen molar-refractivity contribution in [2.75, 3.05) is 5.73 Å². The minimum Gasteiger partial charge on any atom is -0.506 e.